The molecule has 2 amide bonds. The van der Waals surface area contributed by atoms with E-state index in [0.29, 0.717) is 0 Å². The van der Waals surface area contributed by atoms with Crippen molar-refractivity contribution in [1.29, 1.82) is 0 Å². The van der Waals surface area contributed by atoms with Crippen LogP contribution in [0.5, 0.6) is 0 Å². The Morgan fingerprint density at radius 2 is 2.17 bits per heavy atom. The minimum absolute atomic E-state index is 0.313. The number of amides is 2. The molecule has 1 aromatic rings. The first-order valence-corrected chi connectivity index (χ1v) is 5.35. The van der Waals surface area contributed by atoms with E-state index in [1.54, 1.807) is 31.5 Å². The fourth-order valence-corrected chi connectivity index (χ4v) is 1.30. The number of rotatable bonds is 5. The molecule has 0 aromatic carbocycles. The number of hydrogen-bond donors (Lipinski definition) is 4. The molecule has 0 fully saturated rings. The molecule has 7 nitrogen and oxygen atoms in total. The van der Waals surface area contributed by atoms with Crippen LogP contribution in [0.1, 0.15) is 18.5 Å². The molecule has 1 aromatic heterocycles. The number of nitrogens with zero attached hydrogens (tertiary/aromatic N) is 1. The van der Waals surface area contributed by atoms with Gasteiger partial charge in [0.15, 0.2) is 6.04 Å². The molecule has 1 heterocycles. The molecule has 0 spiro atoms. The van der Waals surface area contributed by atoms with Crippen molar-refractivity contribution in [2.45, 2.75) is 19.0 Å². The first kappa shape index (κ1) is 13.9. The van der Waals surface area contributed by atoms with Crippen LogP contribution in [0.15, 0.2) is 24.5 Å². The quantitative estimate of drug-likeness (QED) is 0.585. The molecule has 1 rings (SSSR count). The van der Waals surface area contributed by atoms with Gasteiger partial charge >= 0.3 is 12.0 Å². The number of carbonyl (C=O) groups excluding carboxylic acids is 1. The summed E-state index contributed by atoms with van der Waals surface area (Å²) in [6.07, 6.45) is 3.22. The van der Waals surface area contributed by atoms with Gasteiger partial charge in [0.2, 0.25) is 0 Å². The van der Waals surface area contributed by atoms with Gasteiger partial charge in [-0.25, -0.2) is 9.59 Å². The third-order valence-corrected chi connectivity index (χ3v) is 2.32. The average molecular weight is 253 g/mol. The highest BCUT2D eigenvalue weighted by atomic mass is 16.4. The molecule has 7 heteroatoms. The van der Waals surface area contributed by atoms with Gasteiger partial charge in [0.05, 0.1) is 12.6 Å². The summed E-state index contributed by atoms with van der Waals surface area (Å²) in [5.74, 6) is -1.29. The Bertz CT molecular complexity index is 410. The Balaban J connectivity index is 2.52. The normalized spacial score (nSPS) is 13.4. The Morgan fingerprint density at radius 1 is 1.44 bits per heavy atom. The summed E-state index contributed by atoms with van der Waals surface area (Å²) in [4.78, 5) is 26.0. The zero-order valence-corrected chi connectivity index (χ0v) is 9.83. The van der Waals surface area contributed by atoms with Crippen molar-refractivity contribution >= 4 is 12.0 Å². The van der Waals surface area contributed by atoms with Crippen LogP contribution in [0, 0.1) is 0 Å². The third-order valence-electron chi connectivity index (χ3n) is 2.32. The van der Waals surface area contributed by atoms with Crippen molar-refractivity contribution in [3.05, 3.63) is 30.1 Å². The zero-order chi connectivity index (χ0) is 13.5. The Hall–Kier alpha value is -2.15. The second-order valence-electron chi connectivity index (χ2n) is 3.70. The molecule has 0 aliphatic rings. The summed E-state index contributed by atoms with van der Waals surface area (Å²) < 4.78 is 0. The van der Waals surface area contributed by atoms with Crippen LogP contribution in [0.3, 0.4) is 0 Å². The van der Waals surface area contributed by atoms with Crippen LogP contribution < -0.4 is 10.6 Å². The number of carboxylic acid groups (broad SMARTS) is 1. The molecule has 0 saturated carbocycles. The Kier molecular flexibility index (Phi) is 5.06. The van der Waals surface area contributed by atoms with E-state index in [9.17, 15) is 9.59 Å². The molecule has 4 N–H and O–H groups in total. The van der Waals surface area contributed by atoms with Crippen molar-refractivity contribution < 1.29 is 19.8 Å². The van der Waals surface area contributed by atoms with E-state index in [4.69, 9.17) is 10.2 Å². The second kappa shape index (κ2) is 6.55. The maximum atomic E-state index is 11.5. The number of aromatic nitrogens is 1. The van der Waals surface area contributed by atoms with Gasteiger partial charge in [0.25, 0.3) is 0 Å². The molecule has 18 heavy (non-hydrogen) atoms. The Morgan fingerprint density at radius 3 is 2.67 bits per heavy atom. The maximum absolute atomic E-state index is 11.5. The number of pyridine rings is 1. The maximum Gasteiger partial charge on any atom is 0.328 e. The lowest BCUT2D eigenvalue weighted by atomic mass is 10.1. The molecule has 2 atom stereocenters. The van der Waals surface area contributed by atoms with Gasteiger partial charge in [-0.3, -0.25) is 4.98 Å². The van der Waals surface area contributed by atoms with Gasteiger partial charge in [-0.15, -0.1) is 0 Å². The molecule has 0 saturated heterocycles. The number of carboxylic acids is 1. The third kappa shape index (κ3) is 4.02. The number of urea groups is 1. The fourth-order valence-electron chi connectivity index (χ4n) is 1.30. The van der Waals surface area contributed by atoms with Crippen LogP contribution in [-0.2, 0) is 4.79 Å². The summed E-state index contributed by atoms with van der Waals surface area (Å²) in [5, 5.41) is 22.1. The lowest BCUT2D eigenvalue weighted by Crippen LogP contribution is -2.48. The second-order valence-corrected chi connectivity index (χ2v) is 3.70. The largest absolute Gasteiger partial charge is 0.480 e. The van der Waals surface area contributed by atoms with Gasteiger partial charge < -0.3 is 20.8 Å². The Labute approximate surface area is 104 Å². The molecular weight excluding hydrogens is 238 g/mol. The lowest BCUT2D eigenvalue weighted by molar-refractivity contribution is -0.140. The van der Waals surface area contributed by atoms with Crippen LogP contribution in [-0.4, -0.2) is 39.8 Å². The SMILES string of the molecule is CC(NC(=O)N[C@@H](CO)C(=O)O)c1cccnc1. The van der Waals surface area contributed by atoms with E-state index in [0.717, 1.165) is 5.56 Å². The standard InChI is InChI=1S/C11H15N3O4/c1-7(8-3-2-4-12-5-8)13-11(18)14-9(6-15)10(16)17/h2-5,7,9,15H,6H2,1H3,(H,16,17)(H2,13,14,18)/t7?,9-/m0/s1. The molecule has 0 aliphatic heterocycles. The number of aliphatic carboxylic acids is 1. The van der Waals surface area contributed by atoms with Crippen molar-refractivity contribution in [2.24, 2.45) is 0 Å². The predicted molar refractivity (Wildman–Crippen MR) is 62.8 cm³/mol. The van der Waals surface area contributed by atoms with E-state index < -0.39 is 24.6 Å². The first-order chi connectivity index (χ1) is 8.54. The summed E-state index contributed by atoms with van der Waals surface area (Å²) in [5.41, 5.74) is 0.795. The minimum atomic E-state index is -1.31. The highest BCUT2D eigenvalue weighted by Crippen LogP contribution is 2.09. The fraction of sp³-hybridized carbons (Fsp3) is 0.364. The van der Waals surface area contributed by atoms with Gasteiger partial charge in [-0.1, -0.05) is 6.07 Å². The molecule has 0 radical (unpaired) electrons. The molecule has 1 unspecified atom stereocenters. The van der Waals surface area contributed by atoms with Crippen LogP contribution in [0.2, 0.25) is 0 Å². The van der Waals surface area contributed by atoms with Gasteiger partial charge in [0.1, 0.15) is 0 Å². The smallest absolute Gasteiger partial charge is 0.328 e. The monoisotopic (exact) mass is 253 g/mol. The van der Waals surface area contributed by atoms with Gasteiger partial charge in [0, 0.05) is 12.4 Å². The molecule has 0 aliphatic carbocycles. The van der Waals surface area contributed by atoms with E-state index in [1.807, 2.05) is 0 Å². The number of aliphatic hydroxyl groups excluding tert-OH is 1. The van der Waals surface area contributed by atoms with Gasteiger partial charge in [-0.2, -0.15) is 0 Å². The molecule has 0 bridgehead atoms. The highest BCUT2D eigenvalue weighted by Gasteiger charge is 2.19. The number of nitrogens with one attached hydrogen (secondary N) is 2. The summed E-state index contributed by atoms with van der Waals surface area (Å²) in [6, 6.07) is 1.24. The van der Waals surface area contributed by atoms with Crippen molar-refractivity contribution in [3.63, 3.8) is 0 Å². The van der Waals surface area contributed by atoms with E-state index in [2.05, 4.69) is 15.6 Å². The van der Waals surface area contributed by atoms with Gasteiger partial charge in [-0.05, 0) is 18.6 Å². The topological polar surface area (TPSA) is 112 Å². The molecule has 98 valence electrons. The summed E-state index contributed by atoms with van der Waals surface area (Å²) >= 11 is 0. The zero-order valence-electron chi connectivity index (χ0n) is 9.83. The van der Waals surface area contributed by atoms with Crippen LogP contribution >= 0.6 is 0 Å². The predicted octanol–water partition coefficient (Wildman–Crippen LogP) is -0.113. The number of aliphatic hydroxyl groups is 1. The lowest BCUT2D eigenvalue weighted by Gasteiger charge is -2.17. The van der Waals surface area contributed by atoms with Crippen LogP contribution in [0.25, 0.3) is 0 Å². The van der Waals surface area contributed by atoms with E-state index in [-0.39, 0.29) is 6.04 Å². The number of carbonyl (C=O) groups is 2. The van der Waals surface area contributed by atoms with E-state index in [1.165, 1.54) is 0 Å². The van der Waals surface area contributed by atoms with Crippen molar-refractivity contribution in [2.75, 3.05) is 6.61 Å². The van der Waals surface area contributed by atoms with Crippen molar-refractivity contribution in [1.82, 2.24) is 15.6 Å². The first-order valence-electron chi connectivity index (χ1n) is 5.35. The van der Waals surface area contributed by atoms with E-state index >= 15 is 0 Å². The van der Waals surface area contributed by atoms with Crippen molar-refractivity contribution in [3.8, 4) is 0 Å². The molecular formula is C11H15N3O4. The average Bonchev–Trinajstić information content (AvgIpc) is 2.36. The van der Waals surface area contributed by atoms with Crippen LogP contribution in [0.4, 0.5) is 4.79 Å². The highest BCUT2D eigenvalue weighted by molar-refractivity contribution is 5.82. The minimum Gasteiger partial charge on any atom is -0.480 e. The summed E-state index contributed by atoms with van der Waals surface area (Å²) in [7, 11) is 0. The summed E-state index contributed by atoms with van der Waals surface area (Å²) in [6.45, 7) is 1.08. The number of hydrogen-bond acceptors (Lipinski definition) is 4.